The highest BCUT2D eigenvalue weighted by Gasteiger charge is 2.46. The highest BCUT2D eigenvalue weighted by molar-refractivity contribution is 5.98. The van der Waals surface area contributed by atoms with Gasteiger partial charge in [0.25, 0.3) is 0 Å². The van der Waals surface area contributed by atoms with Crippen LogP contribution in [0.1, 0.15) is 65.2 Å². The summed E-state index contributed by atoms with van der Waals surface area (Å²) in [5.41, 5.74) is 5.81. The smallest absolute Gasteiger partial charge is 0.229 e. The summed E-state index contributed by atoms with van der Waals surface area (Å²) in [5.74, 6) is -0.00949. The largest absolute Gasteiger partial charge is 0.324 e. The fourth-order valence-electron chi connectivity index (χ4n) is 3.48. The molecule has 1 aliphatic carbocycles. The molecule has 0 aromatic heterocycles. The van der Waals surface area contributed by atoms with Gasteiger partial charge in [0.1, 0.15) is 0 Å². The topological polar surface area (TPSA) is 63.4 Å². The van der Waals surface area contributed by atoms with Gasteiger partial charge in [-0.2, -0.15) is 0 Å². The zero-order valence-corrected chi connectivity index (χ0v) is 12.2. The minimum Gasteiger partial charge on any atom is -0.324 e. The normalized spacial score (nSPS) is 23.4. The predicted molar refractivity (Wildman–Crippen MR) is 74.4 cm³/mol. The Kier molecular flexibility index (Phi) is 4.00. The molecule has 19 heavy (non-hydrogen) atoms. The van der Waals surface area contributed by atoms with E-state index in [9.17, 15) is 9.59 Å². The van der Waals surface area contributed by atoms with Crippen LogP contribution in [-0.4, -0.2) is 28.8 Å². The maximum absolute atomic E-state index is 12.3. The summed E-state index contributed by atoms with van der Waals surface area (Å²) >= 11 is 0. The molecule has 1 spiro atoms. The van der Waals surface area contributed by atoms with Crippen LogP contribution in [-0.2, 0) is 9.59 Å². The summed E-state index contributed by atoms with van der Waals surface area (Å²) in [6.45, 7) is 4.41. The summed E-state index contributed by atoms with van der Waals surface area (Å²) in [5, 5.41) is 0. The van der Waals surface area contributed by atoms with Gasteiger partial charge in [0.2, 0.25) is 11.8 Å². The monoisotopic (exact) mass is 266 g/mol. The number of carbonyl (C=O) groups excluding carboxylic acids is 2. The Morgan fingerprint density at radius 2 is 1.58 bits per heavy atom. The Bertz CT molecular complexity index is 348. The molecule has 2 fully saturated rings. The molecule has 0 atom stereocenters. The minimum atomic E-state index is -0.425. The summed E-state index contributed by atoms with van der Waals surface area (Å²) in [7, 11) is 0. The number of hydrogen-bond acceptors (Lipinski definition) is 3. The number of nitrogens with two attached hydrogens (primary N) is 1. The molecule has 2 amide bonds. The van der Waals surface area contributed by atoms with Crippen LogP contribution in [0.5, 0.6) is 0 Å². The molecule has 0 radical (unpaired) electrons. The Morgan fingerprint density at radius 1 is 1.11 bits per heavy atom. The quantitative estimate of drug-likeness (QED) is 0.793. The van der Waals surface area contributed by atoms with Crippen LogP contribution in [0, 0.1) is 5.41 Å². The van der Waals surface area contributed by atoms with Crippen molar-refractivity contribution < 1.29 is 9.59 Å². The third-order valence-electron chi connectivity index (χ3n) is 5.20. The van der Waals surface area contributed by atoms with E-state index in [1.54, 1.807) is 0 Å². The molecule has 1 saturated carbocycles. The Balaban J connectivity index is 2.08. The molecular weight excluding hydrogens is 240 g/mol. The maximum Gasteiger partial charge on any atom is 0.229 e. The van der Waals surface area contributed by atoms with E-state index in [4.69, 9.17) is 5.73 Å². The molecule has 1 heterocycles. The van der Waals surface area contributed by atoms with Gasteiger partial charge in [-0.15, -0.1) is 0 Å². The SMILES string of the molecule is CCC(N)(CC)CN1C(=O)CC2(CCCC2)CC1=O. The fourth-order valence-corrected chi connectivity index (χ4v) is 3.48. The van der Waals surface area contributed by atoms with Crippen molar-refractivity contribution in [1.29, 1.82) is 0 Å². The van der Waals surface area contributed by atoms with Gasteiger partial charge < -0.3 is 5.73 Å². The van der Waals surface area contributed by atoms with Gasteiger partial charge in [-0.25, -0.2) is 0 Å². The van der Waals surface area contributed by atoms with Gasteiger partial charge in [0, 0.05) is 24.9 Å². The Labute approximate surface area is 115 Å². The fraction of sp³-hybridized carbons (Fsp3) is 0.867. The molecule has 1 aliphatic heterocycles. The lowest BCUT2D eigenvalue weighted by Crippen LogP contribution is -2.56. The molecule has 0 unspecified atom stereocenters. The summed E-state index contributed by atoms with van der Waals surface area (Å²) in [6, 6.07) is 0. The Morgan fingerprint density at radius 3 is 2.00 bits per heavy atom. The first kappa shape index (κ1) is 14.5. The first-order chi connectivity index (χ1) is 8.94. The number of carbonyl (C=O) groups is 2. The van der Waals surface area contributed by atoms with Gasteiger partial charge in [0.05, 0.1) is 0 Å². The van der Waals surface area contributed by atoms with E-state index >= 15 is 0 Å². The lowest BCUT2D eigenvalue weighted by molar-refractivity contribution is -0.154. The second-order valence-electron chi connectivity index (χ2n) is 6.50. The maximum atomic E-state index is 12.3. The highest BCUT2D eigenvalue weighted by Crippen LogP contribution is 2.47. The lowest BCUT2D eigenvalue weighted by Gasteiger charge is -2.40. The van der Waals surface area contributed by atoms with Crippen molar-refractivity contribution in [1.82, 2.24) is 4.90 Å². The molecule has 108 valence electrons. The summed E-state index contributed by atoms with van der Waals surface area (Å²) in [4.78, 5) is 26.1. The molecule has 2 rings (SSSR count). The second-order valence-corrected chi connectivity index (χ2v) is 6.50. The van der Waals surface area contributed by atoms with Gasteiger partial charge in [0.15, 0.2) is 0 Å². The number of likely N-dealkylation sites (tertiary alicyclic amines) is 1. The molecule has 4 nitrogen and oxygen atoms in total. The number of rotatable bonds is 4. The van der Waals surface area contributed by atoms with Gasteiger partial charge >= 0.3 is 0 Å². The van der Waals surface area contributed by atoms with E-state index in [0.717, 1.165) is 38.5 Å². The standard InChI is InChI=1S/C15H26N2O2/c1-3-15(16,4-2)11-17-12(18)9-14(10-13(17)19)7-5-6-8-14/h3-11,16H2,1-2H3. The first-order valence-electron chi connectivity index (χ1n) is 7.56. The zero-order chi connectivity index (χ0) is 14.1. The Hall–Kier alpha value is -0.900. The molecule has 0 aromatic rings. The van der Waals surface area contributed by atoms with Gasteiger partial charge in [-0.1, -0.05) is 26.7 Å². The van der Waals surface area contributed by atoms with Crippen LogP contribution in [0.4, 0.5) is 0 Å². The van der Waals surface area contributed by atoms with Crippen molar-refractivity contribution in [3.8, 4) is 0 Å². The van der Waals surface area contributed by atoms with E-state index in [1.165, 1.54) is 4.90 Å². The van der Waals surface area contributed by atoms with Crippen LogP contribution in [0.25, 0.3) is 0 Å². The van der Waals surface area contributed by atoms with E-state index in [-0.39, 0.29) is 17.2 Å². The molecule has 0 bridgehead atoms. The summed E-state index contributed by atoms with van der Waals surface area (Å²) < 4.78 is 0. The van der Waals surface area contributed by atoms with Crippen molar-refractivity contribution in [2.75, 3.05) is 6.54 Å². The average molecular weight is 266 g/mol. The van der Waals surface area contributed by atoms with Crippen molar-refractivity contribution in [2.24, 2.45) is 11.1 Å². The molecular formula is C15H26N2O2. The minimum absolute atomic E-state index is 0.00475. The third kappa shape index (κ3) is 2.83. The van der Waals surface area contributed by atoms with E-state index in [0.29, 0.717) is 19.4 Å². The van der Waals surface area contributed by atoms with Crippen LogP contribution >= 0.6 is 0 Å². The van der Waals surface area contributed by atoms with Gasteiger partial charge in [-0.3, -0.25) is 14.5 Å². The number of piperidine rings is 1. The van der Waals surface area contributed by atoms with Crippen molar-refractivity contribution in [3.05, 3.63) is 0 Å². The number of amides is 2. The first-order valence-corrected chi connectivity index (χ1v) is 7.56. The molecule has 0 aromatic carbocycles. The van der Waals surface area contributed by atoms with Crippen molar-refractivity contribution >= 4 is 11.8 Å². The highest BCUT2D eigenvalue weighted by atomic mass is 16.2. The summed E-state index contributed by atoms with van der Waals surface area (Å²) in [6.07, 6.45) is 7.04. The molecule has 1 saturated heterocycles. The third-order valence-corrected chi connectivity index (χ3v) is 5.20. The van der Waals surface area contributed by atoms with Crippen molar-refractivity contribution in [2.45, 2.75) is 70.8 Å². The van der Waals surface area contributed by atoms with Crippen molar-refractivity contribution in [3.63, 3.8) is 0 Å². The lowest BCUT2D eigenvalue weighted by atomic mass is 9.76. The predicted octanol–water partition coefficient (Wildman–Crippen LogP) is 2.21. The van der Waals surface area contributed by atoms with E-state index in [2.05, 4.69) is 0 Å². The average Bonchev–Trinajstić information content (AvgIpc) is 2.81. The van der Waals surface area contributed by atoms with Crippen LogP contribution < -0.4 is 5.73 Å². The van der Waals surface area contributed by atoms with Crippen LogP contribution in [0.15, 0.2) is 0 Å². The van der Waals surface area contributed by atoms with Crippen LogP contribution in [0.3, 0.4) is 0 Å². The zero-order valence-electron chi connectivity index (χ0n) is 12.2. The molecule has 2 N–H and O–H groups in total. The number of nitrogens with zero attached hydrogens (tertiary/aromatic N) is 1. The molecule has 2 aliphatic rings. The number of hydrogen-bond donors (Lipinski definition) is 1. The van der Waals surface area contributed by atoms with E-state index in [1.807, 2.05) is 13.8 Å². The number of imide groups is 1. The molecule has 4 heteroatoms. The van der Waals surface area contributed by atoms with E-state index < -0.39 is 5.54 Å². The van der Waals surface area contributed by atoms with Crippen LogP contribution in [0.2, 0.25) is 0 Å². The second kappa shape index (κ2) is 5.23. The van der Waals surface area contributed by atoms with Gasteiger partial charge in [-0.05, 0) is 31.1 Å².